The molecule has 3 aromatic rings. The maximum absolute atomic E-state index is 6.35. The topological polar surface area (TPSA) is 38.9 Å². The third kappa shape index (κ3) is 2.70. The van der Waals surface area contributed by atoms with Crippen LogP contribution in [-0.2, 0) is 6.42 Å². The first-order chi connectivity index (χ1) is 9.72. The Morgan fingerprint density at radius 3 is 2.80 bits per heavy atom. The maximum atomic E-state index is 6.35. The fourth-order valence-electron chi connectivity index (χ4n) is 2.54. The molecule has 1 aromatic heterocycles. The summed E-state index contributed by atoms with van der Waals surface area (Å²) in [6.07, 6.45) is 2.67. The van der Waals surface area contributed by atoms with Crippen molar-refractivity contribution in [2.45, 2.75) is 19.4 Å². The summed E-state index contributed by atoms with van der Waals surface area (Å²) in [6.45, 7) is 2.11. The molecule has 2 heteroatoms. The molecule has 3 rings (SSSR count). The molecule has 1 atom stereocenters. The lowest BCUT2D eigenvalue weighted by Crippen LogP contribution is -2.13. The normalized spacial score (nSPS) is 12.5. The van der Waals surface area contributed by atoms with Crippen LogP contribution in [0.4, 0.5) is 0 Å². The average Bonchev–Trinajstić information content (AvgIpc) is 2.47. The van der Waals surface area contributed by atoms with Gasteiger partial charge in [-0.15, -0.1) is 0 Å². The lowest BCUT2D eigenvalue weighted by molar-refractivity contribution is 0.722. The van der Waals surface area contributed by atoms with Crippen LogP contribution >= 0.6 is 0 Å². The van der Waals surface area contributed by atoms with E-state index in [1.54, 1.807) is 0 Å². The number of hydrogen-bond acceptors (Lipinski definition) is 2. The van der Waals surface area contributed by atoms with E-state index in [0.717, 1.165) is 22.9 Å². The second-order valence-corrected chi connectivity index (χ2v) is 5.26. The van der Waals surface area contributed by atoms with Crippen molar-refractivity contribution in [2.24, 2.45) is 5.73 Å². The summed E-state index contributed by atoms with van der Waals surface area (Å²) in [5.41, 5.74) is 11.1. The Balaban J connectivity index is 1.86. The largest absolute Gasteiger partial charge is 0.324 e. The third-order valence-electron chi connectivity index (χ3n) is 3.59. The molecule has 0 radical (unpaired) electrons. The van der Waals surface area contributed by atoms with Crippen molar-refractivity contribution in [3.8, 4) is 0 Å². The van der Waals surface area contributed by atoms with Crippen molar-refractivity contribution in [1.82, 2.24) is 4.98 Å². The van der Waals surface area contributed by atoms with Crippen LogP contribution in [0.2, 0.25) is 0 Å². The van der Waals surface area contributed by atoms with E-state index in [4.69, 9.17) is 5.73 Å². The second kappa shape index (κ2) is 5.43. The second-order valence-electron chi connectivity index (χ2n) is 5.26. The van der Waals surface area contributed by atoms with Gasteiger partial charge in [-0.25, -0.2) is 0 Å². The maximum Gasteiger partial charge on any atom is 0.0702 e. The molecular formula is C18H18N2. The highest BCUT2D eigenvalue weighted by Gasteiger charge is 2.08. The minimum absolute atomic E-state index is 0.0152. The van der Waals surface area contributed by atoms with Crippen LogP contribution < -0.4 is 5.73 Å². The Morgan fingerprint density at radius 1 is 1.05 bits per heavy atom. The Labute approximate surface area is 119 Å². The van der Waals surface area contributed by atoms with E-state index < -0.39 is 0 Å². The lowest BCUT2D eigenvalue weighted by Gasteiger charge is -2.13. The molecule has 20 heavy (non-hydrogen) atoms. The molecule has 2 aromatic carbocycles. The van der Waals surface area contributed by atoms with Gasteiger partial charge in [0.05, 0.1) is 5.52 Å². The summed E-state index contributed by atoms with van der Waals surface area (Å²) in [6, 6.07) is 18.8. The molecule has 0 amide bonds. The smallest absolute Gasteiger partial charge is 0.0702 e. The van der Waals surface area contributed by atoms with Crippen LogP contribution in [0.3, 0.4) is 0 Å². The molecule has 1 unspecified atom stereocenters. The zero-order chi connectivity index (χ0) is 13.9. The van der Waals surface area contributed by atoms with Gasteiger partial charge in [-0.05, 0) is 42.7 Å². The summed E-state index contributed by atoms with van der Waals surface area (Å²) >= 11 is 0. The Morgan fingerprint density at radius 2 is 1.95 bits per heavy atom. The Bertz CT molecular complexity index is 734. The molecule has 2 nitrogen and oxygen atoms in total. The van der Waals surface area contributed by atoms with Gasteiger partial charge >= 0.3 is 0 Å². The Kier molecular flexibility index (Phi) is 3.48. The van der Waals surface area contributed by atoms with Crippen molar-refractivity contribution in [1.29, 1.82) is 0 Å². The first-order valence-electron chi connectivity index (χ1n) is 6.88. The Hall–Kier alpha value is -2.19. The van der Waals surface area contributed by atoms with Crippen LogP contribution in [0.1, 0.15) is 22.7 Å². The molecular weight excluding hydrogens is 244 g/mol. The van der Waals surface area contributed by atoms with Crippen LogP contribution in [0.25, 0.3) is 10.9 Å². The van der Waals surface area contributed by atoms with Gasteiger partial charge in [0.15, 0.2) is 0 Å². The number of rotatable bonds is 3. The monoisotopic (exact) mass is 262 g/mol. The summed E-state index contributed by atoms with van der Waals surface area (Å²) in [4.78, 5) is 4.34. The van der Waals surface area contributed by atoms with Gasteiger partial charge in [0.1, 0.15) is 0 Å². The highest BCUT2D eigenvalue weighted by molar-refractivity contribution is 5.79. The van der Waals surface area contributed by atoms with E-state index in [2.05, 4.69) is 54.4 Å². The minimum Gasteiger partial charge on any atom is -0.324 e. The van der Waals surface area contributed by atoms with Crippen LogP contribution in [0.5, 0.6) is 0 Å². The fraction of sp³-hybridized carbons (Fsp3) is 0.167. The van der Waals surface area contributed by atoms with Crippen LogP contribution in [0, 0.1) is 6.92 Å². The van der Waals surface area contributed by atoms with E-state index >= 15 is 0 Å². The van der Waals surface area contributed by atoms with Gasteiger partial charge in [0.25, 0.3) is 0 Å². The van der Waals surface area contributed by atoms with Gasteiger partial charge < -0.3 is 5.73 Å². The first-order valence-corrected chi connectivity index (χ1v) is 6.88. The zero-order valence-corrected chi connectivity index (χ0v) is 11.6. The van der Waals surface area contributed by atoms with Gasteiger partial charge in [-0.3, -0.25) is 4.98 Å². The van der Waals surface area contributed by atoms with Crippen molar-refractivity contribution in [3.05, 3.63) is 77.5 Å². The molecule has 0 spiro atoms. The van der Waals surface area contributed by atoms with E-state index in [1.807, 2.05) is 18.3 Å². The van der Waals surface area contributed by atoms with Gasteiger partial charge in [-0.2, -0.15) is 0 Å². The van der Waals surface area contributed by atoms with E-state index in [0.29, 0.717) is 0 Å². The molecule has 0 saturated carbocycles. The predicted molar refractivity (Wildman–Crippen MR) is 83.6 cm³/mol. The molecule has 1 heterocycles. The highest BCUT2D eigenvalue weighted by Crippen LogP contribution is 2.21. The molecule has 0 bridgehead atoms. The third-order valence-corrected chi connectivity index (χ3v) is 3.59. The number of aryl methyl sites for hydroxylation is 1. The minimum atomic E-state index is 0.0152. The van der Waals surface area contributed by atoms with E-state index in [1.165, 1.54) is 11.1 Å². The average molecular weight is 262 g/mol. The molecule has 0 saturated heterocycles. The number of hydrogen-bond donors (Lipinski definition) is 1. The van der Waals surface area contributed by atoms with Crippen molar-refractivity contribution in [2.75, 3.05) is 0 Å². The van der Waals surface area contributed by atoms with Crippen LogP contribution in [-0.4, -0.2) is 4.98 Å². The molecule has 2 N–H and O–H groups in total. The molecule has 100 valence electrons. The van der Waals surface area contributed by atoms with Gasteiger partial charge in [-0.1, -0.05) is 42.0 Å². The number of pyridine rings is 1. The summed E-state index contributed by atoms with van der Waals surface area (Å²) < 4.78 is 0. The lowest BCUT2D eigenvalue weighted by atomic mass is 9.97. The van der Waals surface area contributed by atoms with E-state index in [-0.39, 0.29) is 6.04 Å². The summed E-state index contributed by atoms with van der Waals surface area (Å²) in [7, 11) is 0. The van der Waals surface area contributed by atoms with Crippen molar-refractivity contribution in [3.63, 3.8) is 0 Å². The molecule has 0 aliphatic rings. The fourth-order valence-corrected chi connectivity index (χ4v) is 2.54. The van der Waals surface area contributed by atoms with Crippen molar-refractivity contribution < 1.29 is 0 Å². The number of nitrogens with two attached hydrogens (primary N) is 1. The molecule has 0 aliphatic carbocycles. The van der Waals surface area contributed by atoms with Crippen LogP contribution in [0.15, 0.2) is 60.8 Å². The number of fused-ring (bicyclic) bond motifs is 1. The molecule has 0 aliphatic heterocycles. The van der Waals surface area contributed by atoms with Crippen molar-refractivity contribution >= 4 is 10.9 Å². The van der Waals surface area contributed by atoms with Gasteiger partial charge in [0, 0.05) is 17.6 Å². The summed E-state index contributed by atoms with van der Waals surface area (Å²) in [5, 5.41) is 1.14. The first kappa shape index (κ1) is 12.8. The SMILES string of the molecule is Cc1cccc(CC(N)c2ccc3ncccc3c2)c1. The highest BCUT2D eigenvalue weighted by atomic mass is 14.7. The number of benzene rings is 2. The molecule has 0 fully saturated rings. The standard InChI is InChI=1S/C18H18N2/c1-13-4-2-5-14(10-13)11-17(19)15-7-8-18-16(12-15)6-3-9-20-18/h2-10,12,17H,11,19H2,1H3. The number of nitrogens with zero attached hydrogens (tertiary/aromatic N) is 1. The quantitative estimate of drug-likeness (QED) is 0.780. The number of aromatic nitrogens is 1. The summed E-state index contributed by atoms with van der Waals surface area (Å²) in [5.74, 6) is 0. The van der Waals surface area contributed by atoms with Gasteiger partial charge in [0.2, 0.25) is 0 Å². The predicted octanol–water partition coefficient (Wildman–Crippen LogP) is 3.79. The van der Waals surface area contributed by atoms with E-state index in [9.17, 15) is 0 Å². The zero-order valence-electron chi connectivity index (χ0n) is 11.6.